The highest BCUT2D eigenvalue weighted by Gasteiger charge is 2.09. The Morgan fingerprint density at radius 1 is 0.615 bits per heavy atom. The molecule has 0 spiro atoms. The third-order valence-electron chi connectivity index (χ3n) is 3.67. The molecular weight excluding hydrogens is 332 g/mol. The fourth-order valence-electron chi connectivity index (χ4n) is 1.77. The molecule has 0 aliphatic rings. The first kappa shape index (κ1) is 28.0. The Balaban J connectivity index is 0. The topological polar surface area (TPSA) is 57.2 Å². The summed E-state index contributed by atoms with van der Waals surface area (Å²) < 4.78 is 21.9. The first-order valence-electron chi connectivity index (χ1n) is 10.5. The molecular formula is C21H46O5. The minimum absolute atomic E-state index is 0.0289. The monoisotopic (exact) mass is 378 g/mol. The Morgan fingerprint density at radius 2 is 1.04 bits per heavy atom. The van der Waals surface area contributed by atoms with Gasteiger partial charge in [-0.15, -0.1) is 0 Å². The van der Waals surface area contributed by atoms with E-state index in [1.54, 1.807) is 0 Å². The summed E-state index contributed by atoms with van der Waals surface area (Å²) in [5.41, 5.74) is 0. The van der Waals surface area contributed by atoms with Crippen LogP contribution in [0.3, 0.4) is 0 Å². The van der Waals surface area contributed by atoms with Gasteiger partial charge in [0, 0.05) is 19.8 Å². The zero-order valence-electron chi connectivity index (χ0n) is 18.3. The normalized spacial score (nSPS) is 14.4. The van der Waals surface area contributed by atoms with E-state index in [0.717, 1.165) is 32.7 Å². The third-order valence-corrected chi connectivity index (χ3v) is 3.67. The van der Waals surface area contributed by atoms with Crippen molar-refractivity contribution in [1.29, 1.82) is 0 Å². The maximum atomic E-state index is 8.80. The van der Waals surface area contributed by atoms with Crippen molar-refractivity contribution in [2.45, 2.75) is 98.4 Å². The largest absolute Gasteiger partial charge is 0.394 e. The van der Waals surface area contributed by atoms with E-state index in [1.165, 1.54) is 25.7 Å². The molecule has 0 bridgehead atoms. The van der Waals surface area contributed by atoms with Crippen molar-refractivity contribution in [3.8, 4) is 0 Å². The van der Waals surface area contributed by atoms with Crippen LogP contribution in [-0.2, 0) is 18.9 Å². The molecule has 0 radical (unpaired) electrons. The molecule has 0 saturated carbocycles. The predicted octanol–water partition coefficient (Wildman–Crippen LogP) is 4.60. The summed E-state index contributed by atoms with van der Waals surface area (Å²) in [5, 5.41) is 8.80. The Hall–Kier alpha value is -0.200. The average molecular weight is 379 g/mol. The quantitative estimate of drug-likeness (QED) is 0.375. The average Bonchev–Trinajstić information content (AvgIpc) is 2.65. The number of hydrogen-bond acceptors (Lipinski definition) is 5. The number of hydrogen-bond donors (Lipinski definition) is 1. The van der Waals surface area contributed by atoms with Gasteiger partial charge in [0.05, 0.1) is 38.1 Å². The summed E-state index contributed by atoms with van der Waals surface area (Å²) in [6, 6.07) is 0. The van der Waals surface area contributed by atoms with Crippen LogP contribution in [0.15, 0.2) is 0 Å². The van der Waals surface area contributed by atoms with Crippen LogP contribution in [0.4, 0.5) is 0 Å². The zero-order chi connectivity index (χ0) is 20.0. The fourth-order valence-corrected chi connectivity index (χ4v) is 1.77. The van der Waals surface area contributed by atoms with Gasteiger partial charge in [0.1, 0.15) is 0 Å². The van der Waals surface area contributed by atoms with E-state index in [2.05, 4.69) is 20.8 Å². The zero-order valence-corrected chi connectivity index (χ0v) is 18.3. The maximum Gasteiger partial charge on any atom is 0.0781 e. The SMILES string of the molecule is CCCCOC(C)COC(C)COC(C)CO.CCCCOCCCC. The molecule has 3 atom stereocenters. The van der Waals surface area contributed by atoms with Crippen molar-refractivity contribution in [1.82, 2.24) is 0 Å². The first-order valence-corrected chi connectivity index (χ1v) is 10.5. The summed E-state index contributed by atoms with van der Waals surface area (Å²) >= 11 is 0. The first-order chi connectivity index (χ1) is 12.5. The Bertz CT molecular complexity index is 245. The number of unbranched alkanes of at least 4 members (excludes halogenated alkanes) is 3. The summed E-state index contributed by atoms with van der Waals surface area (Å²) in [6.45, 7) is 16.2. The van der Waals surface area contributed by atoms with Gasteiger partial charge >= 0.3 is 0 Å². The fraction of sp³-hybridized carbons (Fsp3) is 1.00. The van der Waals surface area contributed by atoms with E-state index < -0.39 is 0 Å². The summed E-state index contributed by atoms with van der Waals surface area (Å²) in [4.78, 5) is 0. The van der Waals surface area contributed by atoms with Gasteiger partial charge in [-0.1, -0.05) is 40.0 Å². The van der Waals surface area contributed by atoms with Gasteiger partial charge < -0.3 is 24.1 Å². The summed E-state index contributed by atoms with van der Waals surface area (Å²) in [6.07, 6.45) is 7.18. The van der Waals surface area contributed by atoms with Crippen molar-refractivity contribution < 1.29 is 24.1 Å². The molecule has 0 aliphatic carbocycles. The van der Waals surface area contributed by atoms with Crippen molar-refractivity contribution in [2.75, 3.05) is 39.6 Å². The minimum Gasteiger partial charge on any atom is -0.394 e. The lowest BCUT2D eigenvalue weighted by molar-refractivity contribution is -0.0745. The van der Waals surface area contributed by atoms with Crippen LogP contribution in [0, 0.1) is 0 Å². The number of aliphatic hydroxyl groups excluding tert-OH is 1. The van der Waals surface area contributed by atoms with Crippen molar-refractivity contribution in [3.05, 3.63) is 0 Å². The molecule has 0 aromatic heterocycles. The van der Waals surface area contributed by atoms with Gasteiger partial charge in [0.15, 0.2) is 0 Å². The molecule has 0 amide bonds. The highest BCUT2D eigenvalue weighted by molar-refractivity contribution is 4.54. The second-order valence-corrected chi connectivity index (χ2v) is 6.82. The lowest BCUT2D eigenvalue weighted by Gasteiger charge is -2.19. The van der Waals surface area contributed by atoms with Crippen molar-refractivity contribution >= 4 is 0 Å². The third kappa shape index (κ3) is 23.8. The van der Waals surface area contributed by atoms with Gasteiger partial charge in [-0.2, -0.15) is 0 Å². The van der Waals surface area contributed by atoms with Crippen LogP contribution in [0.1, 0.15) is 80.1 Å². The van der Waals surface area contributed by atoms with E-state index in [-0.39, 0.29) is 24.9 Å². The second kappa shape index (κ2) is 22.8. The van der Waals surface area contributed by atoms with Gasteiger partial charge in [-0.05, 0) is 40.0 Å². The molecule has 0 aliphatic heterocycles. The molecule has 26 heavy (non-hydrogen) atoms. The Morgan fingerprint density at radius 3 is 1.50 bits per heavy atom. The highest BCUT2D eigenvalue weighted by atomic mass is 16.6. The van der Waals surface area contributed by atoms with E-state index in [4.69, 9.17) is 24.1 Å². The smallest absolute Gasteiger partial charge is 0.0781 e. The van der Waals surface area contributed by atoms with E-state index in [9.17, 15) is 0 Å². The van der Waals surface area contributed by atoms with Crippen LogP contribution in [-0.4, -0.2) is 63.1 Å². The van der Waals surface area contributed by atoms with Crippen LogP contribution < -0.4 is 0 Å². The number of rotatable bonds is 17. The lowest BCUT2D eigenvalue weighted by atomic mass is 10.3. The second-order valence-electron chi connectivity index (χ2n) is 6.82. The summed E-state index contributed by atoms with van der Waals surface area (Å²) in [7, 11) is 0. The molecule has 0 aromatic carbocycles. The highest BCUT2D eigenvalue weighted by Crippen LogP contribution is 2.01. The van der Waals surface area contributed by atoms with Crippen LogP contribution in [0.25, 0.3) is 0 Å². The number of aliphatic hydroxyl groups is 1. The van der Waals surface area contributed by atoms with Crippen molar-refractivity contribution in [3.63, 3.8) is 0 Å². The van der Waals surface area contributed by atoms with E-state index in [1.807, 2.05) is 20.8 Å². The van der Waals surface area contributed by atoms with Gasteiger partial charge in [0.2, 0.25) is 0 Å². The molecule has 1 N–H and O–H groups in total. The van der Waals surface area contributed by atoms with Gasteiger partial charge in [-0.3, -0.25) is 0 Å². The molecule has 0 saturated heterocycles. The number of ether oxygens (including phenoxy) is 4. The molecule has 0 fully saturated rings. The molecule has 0 heterocycles. The molecule has 0 rings (SSSR count). The van der Waals surface area contributed by atoms with Crippen molar-refractivity contribution in [2.24, 2.45) is 0 Å². The van der Waals surface area contributed by atoms with Gasteiger partial charge in [0.25, 0.3) is 0 Å². The Labute approximate surface area is 162 Å². The van der Waals surface area contributed by atoms with Gasteiger partial charge in [-0.25, -0.2) is 0 Å². The molecule has 0 aromatic rings. The van der Waals surface area contributed by atoms with Crippen LogP contribution >= 0.6 is 0 Å². The molecule has 160 valence electrons. The maximum absolute atomic E-state index is 8.80. The lowest BCUT2D eigenvalue weighted by Crippen LogP contribution is -2.26. The predicted molar refractivity (Wildman–Crippen MR) is 109 cm³/mol. The standard InChI is InChI=1S/C13H28O4.C8H18O/c1-5-6-7-15-12(3)9-17-13(4)10-16-11(2)8-14;1-3-5-7-9-8-6-4-2/h11-14H,5-10H2,1-4H3;3-8H2,1-2H3. The minimum atomic E-state index is -0.126. The molecule has 3 unspecified atom stereocenters. The Kier molecular flexibility index (Phi) is 24.6. The van der Waals surface area contributed by atoms with Crippen LogP contribution in [0.5, 0.6) is 0 Å². The van der Waals surface area contributed by atoms with E-state index in [0.29, 0.717) is 13.2 Å². The molecule has 5 nitrogen and oxygen atoms in total. The van der Waals surface area contributed by atoms with Crippen LogP contribution in [0.2, 0.25) is 0 Å². The van der Waals surface area contributed by atoms with E-state index >= 15 is 0 Å². The molecule has 5 heteroatoms. The summed E-state index contributed by atoms with van der Waals surface area (Å²) in [5.74, 6) is 0.